The highest BCUT2D eigenvalue weighted by Gasteiger charge is 2.19. The molecule has 0 saturated carbocycles. The third-order valence-corrected chi connectivity index (χ3v) is 3.43. The fourth-order valence-electron chi connectivity index (χ4n) is 2.30. The van der Waals surface area contributed by atoms with Crippen LogP contribution >= 0.6 is 0 Å². The molecule has 1 aliphatic rings. The summed E-state index contributed by atoms with van der Waals surface area (Å²) in [7, 11) is 0. The van der Waals surface area contributed by atoms with E-state index in [0.717, 1.165) is 26.2 Å². The second-order valence-electron chi connectivity index (χ2n) is 5.11. The first-order chi connectivity index (χ1) is 8.59. The van der Waals surface area contributed by atoms with Crippen LogP contribution in [0.4, 0.5) is 8.78 Å². The summed E-state index contributed by atoms with van der Waals surface area (Å²) in [5, 5.41) is 3.23. The van der Waals surface area contributed by atoms with Crippen molar-refractivity contribution in [2.45, 2.75) is 26.3 Å². The van der Waals surface area contributed by atoms with Gasteiger partial charge in [-0.05, 0) is 17.5 Å². The summed E-state index contributed by atoms with van der Waals surface area (Å²) in [6.07, 6.45) is 0. The van der Waals surface area contributed by atoms with Crippen LogP contribution in [0.2, 0.25) is 0 Å². The SMILES string of the molecule is CC(C)c1ccc(F)c(CN2CCNCC2)c1F. The van der Waals surface area contributed by atoms with Crippen LogP contribution in [0.15, 0.2) is 12.1 Å². The zero-order valence-electron chi connectivity index (χ0n) is 11.0. The van der Waals surface area contributed by atoms with Crippen molar-refractivity contribution in [2.75, 3.05) is 26.2 Å². The van der Waals surface area contributed by atoms with Crippen LogP contribution in [0.3, 0.4) is 0 Å². The van der Waals surface area contributed by atoms with Crippen molar-refractivity contribution in [2.24, 2.45) is 0 Å². The standard InChI is InChI=1S/C14H20F2N2/c1-10(2)11-3-4-13(15)12(14(11)16)9-18-7-5-17-6-8-18/h3-4,10,17H,5-9H2,1-2H3. The predicted octanol–water partition coefficient (Wildman–Crippen LogP) is 2.49. The third-order valence-electron chi connectivity index (χ3n) is 3.43. The monoisotopic (exact) mass is 254 g/mol. The van der Waals surface area contributed by atoms with Crippen molar-refractivity contribution in [1.29, 1.82) is 0 Å². The van der Waals surface area contributed by atoms with E-state index in [0.29, 0.717) is 12.1 Å². The molecule has 2 rings (SSSR count). The molecule has 18 heavy (non-hydrogen) atoms. The van der Waals surface area contributed by atoms with E-state index in [2.05, 4.69) is 10.2 Å². The van der Waals surface area contributed by atoms with E-state index >= 15 is 0 Å². The Kier molecular flexibility index (Phi) is 4.30. The van der Waals surface area contributed by atoms with Gasteiger partial charge in [0.1, 0.15) is 11.6 Å². The molecule has 0 aliphatic carbocycles. The van der Waals surface area contributed by atoms with Gasteiger partial charge < -0.3 is 5.32 Å². The van der Waals surface area contributed by atoms with Gasteiger partial charge in [-0.15, -0.1) is 0 Å². The van der Waals surface area contributed by atoms with Crippen LogP contribution in [0.1, 0.15) is 30.9 Å². The number of rotatable bonds is 3. The highest BCUT2D eigenvalue weighted by Crippen LogP contribution is 2.24. The average Bonchev–Trinajstić information content (AvgIpc) is 2.35. The molecule has 0 spiro atoms. The average molecular weight is 254 g/mol. The number of hydrogen-bond donors (Lipinski definition) is 1. The number of nitrogens with one attached hydrogen (secondary N) is 1. The van der Waals surface area contributed by atoms with E-state index in [4.69, 9.17) is 0 Å². The first-order valence-electron chi connectivity index (χ1n) is 6.49. The molecule has 1 heterocycles. The molecule has 1 aromatic carbocycles. The van der Waals surface area contributed by atoms with Gasteiger partial charge in [-0.2, -0.15) is 0 Å². The van der Waals surface area contributed by atoms with Crippen LogP contribution in [0.5, 0.6) is 0 Å². The normalized spacial score (nSPS) is 17.4. The van der Waals surface area contributed by atoms with Gasteiger partial charge in [-0.1, -0.05) is 19.9 Å². The molecule has 1 fully saturated rings. The van der Waals surface area contributed by atoms with Gasteiger partial charge in [0.15, 0.2) is 0 Å². The summed E-state index contributed by atoms with van der Waals surface area (Å²) in [5.74, 6) is -0.730. The quantitative estimate of drug-likeness (QED) is 0.891. The smallest absolute Gasteiger partial charge is 0.134 e. The highest BCUT2D eigenvalue weighted by molar-refractivity contribution is 5.29. The largest absolute Gasteiger partial charge is 0.314 e. The van der Waals surface area contributed by atoms with Crippen molar-refractivity contribution in [3.05, 3.63) is 34.9 Å². The van der Waals surface area contributed by atoms with Gasteiger partial charge in [0.05, 0.1) is 0 Å². The van der Waals surface area contributed by atoms with Crippen LogP contribution in [0.25, 0.3) is 0 Å². The second kappa shape index (κ2) is 5.76. The molecule has 1 aliphatic heterocycles. The maximum Gasteiger partial charge on any atom is 0.134 e. The van der Waals surface area contributed by atoms with Gasteiger partial charge in [0.2, 0.25) is 0 Å². The van der Waals surface area contributed by atoms with E-state index in [-0.39, 0.29) is 17.3 Å². The fourth-order valence-corrected chi connectivity index (χ4v) is 2.30. The number of halogens is 2. The van der Waals surface area contributed by atoms with E-state index in [1.807, 2.05) is 13.8 Å². The molecule has 0 aromatic heterocycles. The van der Waals surface area contributed by atoms with E-state index in [9.17, 15) is 8.78 Å². The number of piperazine rings is 1. The van der Waals surface area contributed by atoms with Crippen molar-refractivity contribution in [1.82, 2.24) is 10.2 Å². The summed E-state index contributed by atoms with van der Waals surface area (Å²) < 4.78 is 28.0. The summed E-state index contributed by atoms with van der Waals surface area (Å²) in [6.45, 7) is 7.64. The Morgan fingerprint density at radius 2 is 1.89 bits per heavy atom. The molecule has 100 valence electrons. The Balaban J connectivity index is 2.22. The molecule has 1 saturated heterocycles. The van der Waals surface area contributed by atoms with E-state index in [1.165, 1.54) is 6.07 Å². The lowest BCUT2D eigenvalue weighted by atomic mass is 9.99. The van der Waals surface area contributed by atoms with Gasteiger partial charge >= 0.3 is 0 Å². The number of hydrogen-bond acceptors (Lipinski definition) is 2. The summed E-state index contributed by atoms with van der Waals surface area (Å²) in [5.41, 5.74) is 0.810. The molecular formula is C14H20F2N2. The number of benzene rings is 1. The molecule has 0 bridgehead atoms. The van der Waals surface area contributed by atoms with Crippen LogP contribution < -0.4 is 5.32 Å². The zero-order valence-corrected chi connectivity index (χ0v) is 11.0. The maximum atomic E-state index is 14.3. The van der Waals surface area contributed by atoms with Crippen LogP contribution in [-0.4, -0.2) is 31.1 Å². The Labute approximate surface area is 107 Å². The minimum absolute atomic E-state index is 0.0763. The van der Waals surface area contributed by atoms with Crippen molar-refractivity contribution in [3.63, 3.8) is 0 Å². The Morgan fingerprint density at radius 3 is 2.50 bits per heavy atom. The van der Waals surface area contributed by atoms with E-state index in [1.54, 1.807) is 6.07 Å². The number of nitrogens with zero attached hydrogens (tertiary/aromatic N) is 1. The van der Waals surface area contributed by atoms with Crippen LogP contribution in [-0.2, 0) is 6.54 Å². The molecule has 0 radical (unpaired) electrons. The zero-order chi connectivity index (χ0) is 13.1. The van der Waals surface area contributed by atoms with Gasteiger partial charge in [0.25, 0.3) is 0 Å². The molecule has 1 N–H and O–H groups in total. The molecule has 0 atom stereocenters. The van der Waals surface area contributed by atoms with Crippen molar-refractivity contribution >= 4 is 0 Å². The maximum absolute atomic E-state index is 14.3. The third kappa shape index (κ3) is 2.87. The molecule has 2 nitrogen and oxygen atoms in total. The minimum atomic E-state index is -0.435. The lowest BCUT2D eigenvalue weighted by molar-refractivity contribution is 0.227. The topological polar surface area (TPSA) is 15.3 Å². The summed E-state index contributed by atoms with van der Waals surface area (Å²) in [4.78, 5) is 2.09. The Hall–Kier alpha value is -1.00. The first-order valence-corrected chi connectivity index (χ1v) is 6.49. The molecule has 0 unspecified atom stereocenters. The highest BCUT2D eigenvalue weighted by atomic mass is 19.1. The van der Waals surface area contributed by atoms with Gasteiger partial charge in [0, 0.05) is 38.3 Å². The van der Waals surface area contributed by atoms with Crippen LogP contribution in [0, 0.1) is 11.6 Å². The fraction of sp³-hybridized carbons (Fsp3) is 0.571. The Morgan fingerprint density at radius 1 is 1.22 bits per heavy atom. The predicted molar refractivity (Wildman–Crippen MR) is 68.6 cm³/mol. The van der Waals surface area contributed by atoms with Crippen molar-refractivity contribution in [3.8, 4) is 0 Å². The molecule has 1 aromatic rings. The second-order valence-corrected chi connectivity index (χ2v) is 5.11. The van der Waals surface area contributed by atoms with Gasteiger partial charge in [-0.25, -0.2) is 8.78 Å². The molecule has 4 heteroatoms. The van der Waals surface area contributed by atoms with Crippen molar-refractivity contribution < 1.29 is 8.78 Å². The lowest BCUT2D eigenvalue weighted by Crippen LogP contribution is -2.43. The molecule has 0 amide bonds. The Bertz CT molecular complexity index is 413. The lowest BCUT2D eigenvalue weighted by Gasteiger charge is -2.27. The summed E-state index contributed by atoms with van der Waals surface area (Å²) >= 11 is 0. The van der Waals surface area contributed by atoms with E-state index < -0.39 is 5.82 Å². The molecular weight excluding hydrogens is 234 g/mol. The minimum Gasteiger partial charge on any atom is -0.314 e. The summed E-state index contributed by atoms with van der Waals surface area (Å²) in [6, 6.07) is 2.94. The first kappa shape index (κ1) is 13.4. The van der Waals surface area contributed by atoms with Gasteiger partial charge in [-0.3, -0.25) is 4.90 Å².